The van der Waals surface area contributed by atoms with Gasteiger partial charge in [-0.05, 0) is 49.4 Å². The Hall–Kier alpha value is -1.94. The summed E-state index contributed by atoms with van der Waals surface area (Å²) in [6.45, 7) is 14.4. The van der Waals surface area contributed by atoms with Crippen molar-refractivity contribution in [2.45, 2.75) is 485 Å². The highest BCUT2D eigenvalue weighted by Crippen LogP contribution is 2.45. The Morgan fingerprint density at radius 3 is 0.657 bits per heavy atom. The van der Waals surface area contributed by atoms with Crippen LogP contribution in [0.4, 0.5) is 0 Å². The van der Waals surface area contributed by atoms with Crippen LogP contribution >= 0.6 is 15.6 Å². The molecule has 0 radical (unpaired) electrons. The van der Waals surface area contributed by atoms with Gasteiger partial charge in [-0.3, -0.25) is 37.3 Å². The fraction of sp³-hybridized carbons (Fsp3) is 0.955. The monoisotopic (exact) mass is 1580 g/mol. The predicted molar refractivity (Wildman–Crippen MR) is 446 cm³/mol. The number of esters is 4. The van der Waals surface area contributed by atoms with E-state index in [0.29, 0.717) is 31.6 Å². The zero-order valence-corrected chi connectivity index (χ0v) is 73.3. The molecule has 0 aliphatic carbocycles. The first kappa shape index (κ1) is 106. The summed E-state index contributed by atoms with van der Waals surface area (Å²) in [6.07, 6.45) is 68.1. The molecule has 0 aromatic rings. The van der Waals surface area contributed by atoms with Crippen molar-refractivity contribution in [3.8, 4) is 0 Å². The SMILES string of the molecule is CCC(C)CCCCCCCCCCCCCCCCCCCCC(=O)OC[C@H](COP(=O)(O)OCC(O)COP(=O)(O)OC[C@@H](COC(=O)CCCCCCCCCC(C)C)OC(=O)CCCCCCCCCCCCCCCCC(C)CC)OC(=O)CCCCCCCCCCCCCCCCCC(C)C. The summed E-state index contributed by atoms with van der Waals surface area (Å²) < 4.78 is 69.0. The van der Waals surface area contributed by atoms with Crippen LogP contribution in [0.2, 0.25) is 0 Å². The normalized spacial score (nSPS) is 14.4. The van der Waals surface area contributed by atoms with Gasteiger partial charge in [0, 0.05) is 25.7 Å². The maximum absolute atomic E-state index is 13.2. The van der Waals surface area contributed by atoms with Gasteiger partial charge in [0.15, 0.2) is 12.2 Å². The van der Waals surface area contributed by atoms with Crippen molar-refractivity contribution >= 4 is 39.5 Å². The molecule has 108 heavy (non-hydrogen) atoms. The number of hydrogen-bond acceptors (Lipinski definition) is 15. The van der Waals surface area contributed by atoms with E-state index >= 15 is 0 Å². The van der Waals surface area contributed by atoms with E-state index in [9.17, 15) is 43.2 Å². The Bertz CT molecular complexity index is 2100. The van der Waals surface area contributed by atoms with Gasteiger partial charge in [-0.2, -0.15) is 0 Å². The number of rotatable bonds is 86. The van der Waals surface area contributed by atoms with Crippen LogP contribution in [0, 0.1) is 23.7 Å². The lowest BCUT2D eigenvalue weighted by Gasteiger charge is -2.21. The molecule has 0 amide bonds. The molecule has 0 saturated heterocycles. The largest absolute Gasteiger partial charge is 0.472 e. The maximum Gasteiger partial charge on any atom is 0.472 e. The van der Waals surface area contributed by atoms with Crippen molar-refractivity contribution < 1.29 is 80.2 Å². The zero-order chi connectivity index (χ0) is 79.5. The molecule has 5 unspecified atom stereocenters. The highest BCUT2D eigenvalue weighted by atomic mass is 31.2. The van der Waals surface area contributed by atoms with Gasteiger partial charge < -0.3 is 33.8 Å². The van der Waals surface area contributed by atoms with Crippen molar-refractivity contribution in [2.75, 3.05) is 39.6 Å². The van der Waals surface area contributed by atoms with Gasteiger partial charge in [0.2, 0.25) is 0 Å². The van der Waals surface area contributed by atoms with E-state index in [0.717, 1.165) is 114 Å². The molecule has 19 heteroatoms. The molecule has 0 aromatic carbocycles. The maximum atomic E-state index is 13.2. The zero-order valence-electron chi connectivity index (χ0n) is 71.5. The fourth-order valence-electron chi connectivity index (χ4n) is 13.8. The van der Waals surface area contributed by atoms with E-state index in [1.807, 2.05) is 0 Å². The number of aliphatic hydroxyl groups is 1. The van der Waals surface area contributed by atoms with Gasteiger partial charge in [-0.25, -0.2) is 9.13 Å². The van der Waals surface area contributed by atoms with Crippen molar-refractivity contribution in [1.82, 2.24) is 0 Å². The topological polar surface area (TPSA) is 237 Å². The highest BCUT2D eigenvalue weighted by molar-refractivity contribution is 7.47. The van der Waals surface area contributed by atoms with Crippen LogP contribution in [-0.2, 0) is 65.4 Å². The van der Waals surface area contributed by atoms with Crippen molar-refractivity contribution in [1.29, 1.82) is 0 Å². The Balaban J connectivity index is 5.22. The number of carbonyl (C=O) groups excluding carboxylic acids is 4. The lowest BCUT2D eigenvalue weighted by atomic mass is 9.99. The Morgan fingerprint density at radius 2 is 0.444 bits per heavy atom. The Morgan fingerprint density at radius 1 is 0.259 bits per heavy atom. The van der Waals surface area contributed by atoms with E-state index in [2.05, 4.69) is 55.4 Å². The second-order valence-electron chi connectivity index (χ2n) is 33.4. The molecule has 0 spiro atoms. The van der Waals surface area contributed by atoms with Crippen molar-refractivity contribution in [3.63, 3.8) is 0 Å². The number of aliphatic hydroxyl groups excluding tert-OH is 1. The minimum atomic E-state index is -4.97. The first-order valence-electron chi connectivity index (χ1n) is 45.8. The van der Waals surface area contributed by atoms with Crippen molar-refractivity contribution in [2.24, 2.45) is 23.7 Å². The van der Waals surface area contributed by atoms with Crippen LogP contribution in [-0.4, -0.2) is 96.7 Å². The second-order valence-corrected chi connectivity index (χ2v) is 36.3. The quantitative estimate of drug-likeness (QED) is 0.0222. The molecule has 0 rings (SSSR count). The van der Waals surface area contributed by atoms with E-state index in [1.165, 1.54) is 263 Å². The molecule has 0 heterocycles. The summed E-state index contributed by atoms with van der Waals surface area (Å²) in [5.74, 6) is 1.12. The van der Waals surface area contributed by atoms with Gasteiger partial charge in [-0.15, -0.1) is 0 Å². The number of ether oxygens (including phenoxy) is 4. The number of phosphoric acid groups is 2. The lowest BCUT2D eigenvalue weighted by Crippen LogP contribution is -2.30. The van der Waals surface area contributed by atoms with Gasteiger partial charge in [-0.1, -0.05) is 415 Å². The Kier molecular flexibility index (Phi) is 76.2. The highest BCUT2D eigenvalue weighted by Gasteiger charge is 2.31. The number of phosphoric ester groups is 2. The third-order valence-corrected chi connectivity index (χ3v) is 23.4. The molecule has 17 nitrogen and oxygen atoms in total. The first-order valence-corrected chi connectivity index (χ1v) is 48.8. The summed E-state index contributed by atoms with van der Waals surface area (Å²) in [7, 11) is -9.93. The van der Waals surface area contributed by atoms with Crippen LogP contribution in [0.15, 0.2) is 0 Å². The number of unbranched alkanes of at least 4 members (excludes halogenated alkanes) is 50. The molecule has 7 atom stereocenters. The molecule has 0 aliphatic heterocycles. The summed E-state index contributed by atoms with van der Waals surface area (Å²) in [6, 6.07) is 0. The molecule has 0 saturated carbocycles. The molecule has 0 bridgehead atoms. The van der Waals surface area contributed by atoms with E-state index in [4.69, 9.17) is 37.0 Å². The van der Waals surface area contributed by atoms with Gasteiger partial charge >= 0.3 is 39.5 Å². The van der Waals surface area contributed by atoms with Gasteiger partial charge in [0.1, 0.15) is 19.3 Å². The van der Waals surface area contributed by atoms with Crippen LogP contribution < -0.4 is 0 Å². The van der Waals surface area contributed by atoms with Crippen LogP contribution in [0.1, 0.15) is 466 Å². The molecular formula is C89H174O17P2. The molecule has 642 valence electrons. The molecule has 0 aliphatic rings. The minimum absolute atomic E-state index is 0.107. The summed E-state index contributed by atoms with van der Waals surface area (Å²) in [4.78, 5) is 73.3. The lowest BCUT2D eigenvalue weighted by molar-refractivity contribution is -0.161. The molecule has 3 N–H and O–H groups in total. The minimum Gasteiger partial charge on any atom is -0.462 e. The molecular weight excluding hydrogens is 1400 g/mol. The average Bonchev–Trinajstić information content (AvgIpc) is 0.906. The fourth-order valence-corrected chi connectivity index (χ4v) is 15.4. The Labute approximate surface area is 664 Å². The van der Waals surface area contributed by atoms with E-state index in [-0.39, 0.29) is 25.7 Å². The third kappa shape index (κ3) is 79.3. The smallest absolute Gasteiger partial charge is 0.462 e. The second kappa shape index (κ2) is 77.6. The van der Waals surface area contributed by atoms with Crippen LogP contribution in [0.5, 0.6) is 0 Å². The molecule has 0 aromatic heterocycles. The van der Waals surface area contributed by atoms with E-state index in [1.54, 1.807) is 0 Å². The average molecular weight is 1580 g/mol. The third-order valence-electron chi connectivity index (χ3n) is 21.5. The van der Waals surface area contributed by atoms with Crippen molar-refractivity contribution in [3.05, 3.63) is 0 Å². The summed E-state index contributed by atoms with van der Waals surface area (Å²) >= 11 is 0. The standard InChI is InChI=1S/C89H174O17P2/c1-9-81(7)67-59-51-43-35-29-23-17-13-11-12-14-18-25-31-37-45-53-61-69-86(91)99-75-84(105-88(93)71-63-55-46-38-32-26-19-15-16-22-28-34-41-49-57-65-79(3)4)77-103-107(95,96)101-73-83(90)74-102-108(97,98)104-78-85(76-100-87(92)70-62-54-48-40-42-50-58-66-80(5)6)106-89(94)72-64-56-47-39-33-27-21-20-24-30-36-44-52-60-68-82(8)10-2/h79-85,90H,9-78H2,1-8H3,(H,95,96)(H,97,98)/t81?,82?,83?,84-,85-/m1/s1. The number of hydrogen-bond donors (Lipinski definition) is 3. The van der Waals surface area contributed by atoms with Gasteiger partial charge in [0.05, 0.1) is 26.4 Å². The number of carbonyl (C=O) groups is 4. The summed E-state index contributed by atoms with van der Waals surface area (Å²) in [5.41, 5.74) is 0. The van der Waals surface area contributed by atoms with Crippen LogP contribution in [0.3, 0.4) is 0 Å². The predicted octanol–water partition coefficient (Wildman–Crippen LogP) is 27.1. The van der Waals surface area contributed by atoms with Gasteiger partial charge in [0.25, 0.3) is 0 Å². The first-order chi connectivity index (χ1) is 52.2. The molecule has 0 fully saturated rings. The summed E-state index contributed by atoms with van der Waals surface area (Å²) in [5, 5.41) is 10.7. The van der Waals surface area contributed by atoms with E-state index < -0.39 is 97.5 Å². The van der Waals surface area contributed by atoms with Crippen LogP contribution in [0.25, 0.3) is 0 Å².